The number of carbonyl (C=O) groups is 3. The van der Waals surface area contributed by atoms with Crippen LogP contribution in [0, 0.1) is 0 Å². The zero-order valence-corrected chi connectivity index (χ0v) is 18.7. The molecule has 0 spiro atoms. The Morgan fingerprint density at radius 1 is 1.13 bits per heavy atom. The Morgan fingerprint density at radius 3 is 2.48 bits per heavy atom. The standard InChI is InChI=1S/C24H24ClN3O3/c1-14-13-24(2,3)27(4)20-12-19(25)15(10-17(14)20)11-18-21(29)26-23(31)28(22(18)30)16-8-6-5-7-9-16/h5-12,14H,13H2,1-4H3,(H,26,29,31)/b18-11+. The van der Waals surface area contributed by atoms with Crippen molar-refractivity contribution >= 4 is 46.9 Å². The average Bonchev–Trinajstić information content (AvgIpc) is 2.70. The van der Waals surface area contributed by atoms with E-state index in [1.165, 1.54) is 6.08 Å². The van der Waals surface area contributed by atoms with Crippen LogP contribution in [0.4, 0.5) is 16.2 Å². The van der Waals surface area contributed by atoms with E-state index in [4.69, 9.17) is 11.6 Å². The van der Waals surface area contributed by atoms with Crippen molar-refractivity contribution in [1.82, 2.24) is 5.32 Å². The number of urea groups is 1. The van der Waals surface area contributed by atoms with Crippen LogP contribution in [-0.4, -0.2) is 30.4 Å². The molecule has 4 amide bonds. The van der Waals surface area contributed by atoms with E-state index in [-0.39, 0.29) is 17.0 Å². The number of anilines is 2. The Hall–Kier alpha value is -3.12. The van der Waals surface area contributed by atoms with Gasteiger partial charge in [-0.2, -0.15) is 0 Å². The second-order valence-electron chi connectivity index (χ2n) is 8.70. The minimum Gasteiger partial charge on any atom is -0.369 e. The van der Waals surface area contributed by atoms with Crippen molar-refractivity contribution in [3.05, 3.63) is 64.2 Å². The van der Waals surface area contributed by atoms with Crippen molar-refractivity contribution in [2.75, 3.05) is 16.8 Å². The van der Waals surface area contributed by atoms with Gasteiger partial charge in [0.2, 0.25) is 0 Å². The third-order valence-electron chi connectivity index (χ3n) is 6.17. The molecular formula is C24H24ClN3O3. The first-order chi connectivity index (χ1) is 14.6. The molecule has 160 valence electrons. The number of barbiturate groups is 1. The quantitative estimate of drug-likeness (QED) is 0.544. The number of imide groups is 2. The summed E-state index contributed by atoms with van der Waals surface area (Å²) in [5.41, 5.74) is 2.96. The maximum atomic E-state index is 13.1. The molecule has 0 saturated carbocycles. The molecule has 4 rings (SSSR count). The largest absolute Gasteiger partial charge is 0.369 e. The third kappa shape index (κ3) is 3.61. The second-order valence-corrected chi connectivity index (χ2v) is 9.11. The summed E-state index contributed by atoms with van der Waals surface area (Å²) in [6.07, 6.45) is 2.43. The molecule has 1 saturated heterocycles. The highest BCUT2D eigenvalue weighted by molar-refractivity contribution is 6.40. The molecule has 6 nitrogen and oxygen atoms in total. The number of benzene rings is 2. The first-order valence-corrected chi connectivity index (χ1v) is 10.5. The van der Waals surface area contributed by atoms with Gasteiger partial charge in [-0.15, -0.1) is 0 Å². The Bertz CT molecular complexity index is 1120. The Morgan fingerprint density at radius 2 is 1.81 bits per heavy atom. The van der Waals surface area contributed by atoms with E-state index in [0.29, 0.717) is 16.3 Å². The van der Waals surface area contributed by atoms with Crippen molar-refractivity contribution < 1.29 is 14.4 Å². The normalized spacial score (nSPS) is 21.9. The van der Waals surface area contributed by atoms with E-state index in [0.717, 1.165) is 22.6 Å². The number of amides is 4. The van der Waals surface area contributed by atoms with Crippen molar-refractivity contribution in [1.29, 1.82) is 0 Å². The molecule has 1 atom stereocenters. The Balaban J connectivity index is 1.78. The lowest BCUT2D eigenvalue weighted by Crippen LogP contribution is -2.54. The molecule has 2 aromatic carbocycles. The van der Waals surface area contributed by atoms with E-state index < -0.39 is 17.8 Å². The monoisotopic (exact) mass is 437 g/mol. The van der Waals surface area contributed by atoms with Crippen LogP contribution in [0.2, 0.25) is 5.02 Å². The van der Waals surface area contributed by atoms with Gasteiger partial charge in [0.1, 0.15) is 5.57 Å². The molecule has 2 heterocycles. The minimum absolute atomic E-state index is 0.00844. The highest BCUT2D eigenvalue weighted by atomic mass is 35.5. The molecule has 7 heteroatoms. The van der Waals surface area contributed by atoms with E-state index in [1.54, 1.807) is 30.3 Å². The van der Waals surface area contributed by atoms with Gasteiger partial charge in [0.25, 0.3) is 11.8 Å². The zero-order chi connectivity index (χ0) is 22.5. The number of para-hydroxylation sites is 1. The zero-order valence-electron chi connectivity index (χ0n) is 17.9. The minimum atomic E-state index is -0.771. The summed E-state index contributed by atoms with van der Waals surface area (Å²) < 4.78 is 0. The van der Waals surface area contributed by atoms with Crippen molar-refractivity contribution in [3.8, 4) is 0 Å². The van der Waals surface area contributed by atoms with Gasteiger partial charge in [-0.25, -0.2) is 9.69 Å². The maximum Gasteiger partial charge on any atom is 0.335 e. The lowest BCUT2D eigenvalue weighted by atomic mass is 9.80. The molecule has 2 aliphatic rings. The number of fused-ring (bicyclic) bond motifs is 1. The smallest absolute Gasteiger partial charge is 0.335 e. The number of halogens is 1. The lowest BCUT2D eigenvalue weighted by molar-refractivity contribution is -0.122. The summed E-state index contributed by atoms with van der Waals surface area (Å²) in [4.78, 5) is 41.1. The second kappa shape index (κ2) is 7.54. The number of nitrogens with zero attached hydrogens (tertiary/aromatic N) is 2. The fourth-order valence-electron chi connectivity index (χ4n) is 4.34. The van der Waals surface area contributed by atoms with Crippen LogP contribution in [0.5, 0.6) is 0 Å². The molecule has 2 aliphatic heterocycles. The van der Waals surface area contributed by atoms with Crippen LogP contribution in [0.15, 0.2) is 48.0 Å². The number of hydrogen-bond donors (Lipinski definition) is 1. The van der Waals surface area contributed by atoms with Gasteiger partial charge in [-0.3, -0.25) is 14.9 Å². The molecule has 1 unspecified atom stereocenters. The topological polar surface area (TPSA) is 69.7 Å². The van der Waals surface area contributed by atoms with Crippen LogP contribution >= 0.6 is 11.6 Å². The lowest BCUT2D eigenvalue weighted by Gasteiger charge is -2.45. The third-order valence-corrected chi connectivity index (χ3v) is 6.50. The van der Waals surface area contributed by atoms with Crippen molar-refractivity contribution in [2.45, 2.75) is 38.6 Å². The van der Waals surface area contributed by atoms with Crippen LogP contribution < -0.4 is 15.1 Å². The highest BCUT2D eigenvalue weighted by Gasteiger charge is 2.38. The average molecular weight is 438 g/mol. The molecule has 0 radical (unpaired) electrons. The first-order valence-electron chi connectivity index (χ1n) is 10.1. The van der Waals surface area contributed by atoms with Gasteiger partial charge in [0.15, 0.2) is 0 Å². The molecule has 0 aromatic heterocycles. The van der Waals surface area contributed by atoms with E-state index in [1.807, 2.05) is 19.2 Å². The van der Waals surface area contributed by atoms with E-state index in [9.17, 15) is 14.4 Å². The summed E-state index contributed by atoms with van der Waals surface area (Å²) in [6.45, 7) is 6.54. The molecule has 2 aromatic rings. The molecule has 0 bridgehead atoms. The summed E-state index contributed by atoms with van der Waals surface area (Å²) in [5.74, 6) is -1.13. The molecule has 0 aliphatic carbocycles. The number of carbonyl (C=O) groups excluding carboxylic acids is 3. The van der Waals surface area contributed by atoms with E-state index in [2.05, 4.69) is 31.0 Å². The predicted molar refractivity (Wildman–Crippen MR) is 122 cm³/mol. The summed E-state index contributed by atoms with van der Waals surface area (Å²) in [7, 11) is 2.04. The van der Waals surface area contributed by atoms with Gasteiger partial charge in [-0.1, -0.05) is 36.7 Å². The Kier molecular flexibility index (Phi) is 5.13. The van der Waals surface area contributed by atoms with Crippen molar-refractivity contribution in [2.24, 2.45) is 0 Å². The van der Waals surface area contributed by atoms with Crippen LogP contribution in [0.1, 0.15) is 44.2 Å². The summed E-state index contributed by atoms with van der Waals surface area (Å²) in [6, 6.07) is 11.5. The van der Waals surface area contributed by atoms with Gasteiger partial charge >= 0.3 is 6.03 Å². The highest BCUT2D eigenvalue weighted by Crippen LogP contribution is 2.44. The number of nitrogens with one attached hydrogen (secondary N) is 1. The first kappa shape index (κ1) is 21.1. The Labute approximate surface area is 186 Å². The van der Waals surface area contributed by atoms with Crippen LogP contribution in [0.25, 0.3) is 6.08 Å². The van der Waals surface area contributed by atoms with Crippen LogP contribution in [0.3, 0.4) is 0 Å². The van der Waals surface area contributed by atoms with Gasteiger partial charge in [0, 0.05) is 23.3 Å². The molecule has 31 heavy (non-hydrogen) atoms. The van der Waals surface area contributed by atoms with Gasteiger partial charge in [0.05, 0.1) is 5.69 Å². The molecular weight excluding hydrogens is 414 g/mol. The maximum absolute atomic E-state index is 13.1. The van der Waals surface area contributed by atoms with Crippen molar-refractivity contribution in [3.63, 3.8) is 0 Å². The number of rotatable bonds is 2. The fraction of sp³-hybridized carbons (Fsp3) is 0.292. The van der Waals surface area contributed by atoms with E-state index >= 15 is 0 Å². The SMILES string of the molecule is CC1CC(C)(C)N(C)c2cc(Cl)c(/C=C3\C(=O)NC(=O)N(c4ccccc4)C3=O)cc21. The summed E-state index contributed by atoms with van der Waals surface area (Å²) >= 11 is 6.57. The molecule has 1 N–H and O–H groups in total. The summed E-state index contributed by atoms with van der Waals surface area (Å²) in [5, 5.41) is 2.68. The van der Waals surface area contributed by atoms with Crippen LogP contribution in [-0.2, 0) is 9.59 Å². The number of hydrogen-bond acceptors (Lipinski definition) is 4. The van der Waals surface area contributed by atoms with Gasteiger partial charge < -0.3 is 4.90 Å². The van der Waals surface area contributed by atoms with Gasteiger partial charge in [-0.05, 0) is 67.7 Å². The fourth-order valence-corrected chi connectivity index (χ4v) is 4.55. The predicted octanol–water partition coefficient (Wildman–Crippen LogP) is 4.73. The molecule has 1 fully saturated rings.